The maximum atomic E-state index is 16.2. The molecule has 0 heterocycles. The van der Waals surface area contributed by atoms with Gasteiger partial charge in [-0.3, -0.25) is 0 Å². The van der Waals surface area contributed by atoms with Crippen LogP contribution in [0.2, 0.25) is 0 Å². The molecule has 0 spiro atoms. The topological polar surface area (TPSA) is 576 Å². The van der Waals surface area contributed by atoms with Gasteiger partial charge in [0, 0.05) is 12.5 Å². The molecule has 0 saturated carbocycles. The van der Waals surface area contributed by atoms with Gasteiger partial charge in [0.25, 0.3) is 0 Å². The maximum absolute atomic E-state index is 16.2. The molecule has 0 saturated heterocycles. The second kappa shape index (κ2) is 52.7. The molecule has 13 unspecified atom stereocenters. The third-order valence-corrected chi connectivity index (χ3v) is 18.4. The number of benzene rings is 1. The Labute approximate surface area is 697 Å². The summed E-state index contributed by atoms with van der Waals surface area (Å²) in [7, 11) is 0. The largest absolute Gasteiger partial charge is 0.396 e. The number of alkyl halides is 24. The summed E-state index contributed by atoms with van der Waals surface area (Å²) in [5.41, 5.74) is -11.3. The highest BCUT2D eigenvalue weighted by Gasteiger charge is 2.63. The monoisotopic (exact) mass is 1920 g/mol. The molecule has 1 aromatic carbocycles. The summed E-state index contributed by atoms with van der Waals surface area (Å²) in [6, 6.07) is 0. The van der Waals surface area contributed by atoms with Crippen molar-refractivity contribution in [1.29, 1.82) is 0 Å². The van der Waals surface area contributed by atoms with E-state index in [9.17, 15) is 117 Å². The third-order valence-electron chi connectivity index (χ3n) is 18.4. The Balaban J connectivity index is 5.41. The van der Waals surface area contributed by atoms with Crippen molar-refractivity contribution < 1.29 is 280 Å². The van der Waals surface area contributed by atoms with Crippen molar-refractivity contribution in [3.8, 4) is 0 Å². The number of hydrogen-bond acceptors (Lipinski definition) is 35. The predicted molar refractivity (Wildman–Crippen MR) is 362 cm³/mol. The molecular formula is C67H104F24O35. The van der Waals surface area contributed by atoms with Gasteiger partial charge >= 0.3 is 71.1 Å². The number of rotatable bonds is 72. The van der Waals surface area contributed by atoms with E-state index in [1.165, 1.54) is 0 Å². The fraction of sp³-hybridized carbons (Fsp3) is 0.910. The van der Waals surface area contributed by atoms with Gasteiger partial charge in [-0.25, -0.2) is 0 Å². The van der Waals surface area contributed by atoms with Gasteiger partial charge in [-0.2, -0.15) is 105 Å². The first kappa shape index (κ1) is 120. The summed E-state index contributed by atoms with van der Waals surface area (Å²) in [5, 5.41) is 223. The fourth-order valence-electron chi connectivity index (χ4n) is 10.6. The first-order valence-corrected chi connectivity index (χ1v) is 36.6. The van der Waals surface area contributed by atoms with Gasteiger partial charge in [0.2, 0.25) is 0 Å². The molecule has 13 atom stereocenters. The molecule has 0 fully saturated rings. The fourth-order valence-corrected chi connectivity index (χ4v) is 10.6. The summed E-state index contributed by atoms with van der Waals surface area (Å²) < 4.78 is 440. The molecule has 1 aromatic rings. The normalized spacial score (nSPS) is 18.3. The van der Waals surface area contributed by atoms with Crippen molar-refractivity contribution in [2.45, 2.75) is 221 Å². The van der Waals surface area contributed by atoms with E-state index >= 15 is 105 Å². The lowest BCUT2D eigenvalue weighted by molar-refractivity contribution is -0.267. The Morgan fingerprint density at radius 2 is 0.278 bits per heavy atom. The van der Waals surface area contributed by atoms with Crippen LogP contribution in [-0.2, 0) is 96.5 Å². The summed E-state index contributed by atoms with van der Waals surface area (Å²) in [6.45, 7) is -67.5. The van der Waals surface area contributed by atoms with Gasteiger partial charge in [0.15, 0.2) is 0 Å². The van der Waals surface area contributed by atoms with Crippen molar-refractivity contribution in [3.63, 3.8) is 0 Å². The molecule has 59 heteroatoms. The molecular weight excluding hydrogens is 1820 g/mol. The molecule has 0 aromatic heterocycles. The van der Waals surface area contributed by atoms with Crippen molar-refractivity contribution >= 4 is 0 Å². The lowest BCUT2D eigenvalue weighted by Crippen LogP contribution is -2.51. The standard InChI is InChI=1S/C67H104F24O35/c1-32(2-92)50(39(104)3-93)121-26-62(80,81)56(68,69)20-115-14-33-34(15-116-21-57(70,71)63(82,83)27-122-51(40(105)4-94)41(106)5-95)36(17-118-23-59(74,75)65(86,87)29-124-53(44(109)8-98)45(110)9-99)38(19-120-25-61(78,79)67(90,91)31-126-55(48(113)12-102)49(114)13-103)37(18-119-24-60(76,77)66(88,89)30-125-54(46(111)10-100)47(112)11-101)35(33)16-117-22-58(72,73)64(84,85)28-123-52(42(107)6-96)43(108)7-97/h32,39-55,92-114H,2-31H2,1H3. The molecule has 0 aliphatic heterocycles. The van der Waals surface area contributed by atoms with E-state index in [1.54, 1.807) is 0 Å². The second-order valence-corrected chi connectivity index (χ2v) is 28.3. The summed E-state index contributed by atoms with van der Waals surface area (Å²) in [6.07, 6.45) is -43.4. The summed E-state index contributed by atoms with van der Waals surface area (Å²) in [4.78, 5) is 0. The zero-order valence-electron chi connectivity index (χ0n) is 65.9. The Morgan fingerprint density at radius 1 is 0.175 bits per heavy atom. The van der Waals surface area contributed by atoms with E-state index in [4.69, 9.17) is 28.4 Å². The van der Waals surface area contributed by atoms with E-state index in [0.717, 1.165) is 6.92 Å². The van der Waals surface area contributed by atoms with Gasteiger partial charge in [-0.05, 0) is 33.4 Å². The molecule has 0 radical (unpaired) electrons. The van der Waals surface area contributed by atoms with Gasteiger partial charge in [-0.15, -0.1) is 0 Å². The molecule has 0 bridgehead atoms. The average molecular weight is 1930 g/mol. The zero-order chi connectivity index (χ0) is 97.6. The van der Waals surface area contributed by atoms with Gasteiger partial charge in [0.1, 0.15) is 177 Å². The molecule has 0 aliphatic carbocycles. The van der Waals surface area contributed by atoms with Crippen LogP contribution >= 0.6 is 0 Å². The van der Waals surface area contributed by atoms with Crippen LogP contribution in [0.25, 0.3) is 0 Å². The van der Waals surface area contributed by atoms with Crippen molar-refractivity contribution in [3.05, 3.63) is 33.4 Å². The summed E-state index contributed by atoms with van der Waals surface area (Å²) in [5.74, 6) is -73.0. The number of aliphatic hydroxyl groups excluding tert-OH is 23. The van der Waals surface area contributed by atoms with E-state index in [1.807, 2.05) is 0 Å². The molecule has 750 valence electrons. The molecule has 35 nitrogen and oxygen atoms in total. The lowest BCUT2D eigenvalue weighted by Gasteiger charge is -2.33. The molecule has 0 amide bonds. The number of hydrogen-bond donors (Lipinski definition) is 23. The van der Waals surface area contributed by atoms with E-state index in [2.05, 4.69) is 28.4 Å². The highest BCUT2D eigenvalue weighted by atomic mass is 19.4. The molecule has 126 heavy (non-hydrogen) atoms. The molecule has 1 rings (SSSR count). The van der Waals surface area contributed by atoms with Crippen LogP contribution in [-0.4, -0.2) is 451 Å². The predicted octanol–water partition coefficient (Wildman–Crippen LogP) is -3.77. The van der Waals surface area contributed by atoms with Crippen LogP contribution in [0.5, 0.6) is 0 Å². The van der Waals surface area contributed by atoms with E-state index in [-0.39, 0.29) is 0 Å². The maximum Gasteiger partial charge on any atom is 0.335 e. The first-order valence-electron chi connectivity index (χ1n) is 36.6. The highest BCUT2D eigenvalue weighted by molar-refractivity contribution is 5.51. The third kappa shape index (κ3) is 33.9. The second-order valence-electron chi connectivity index (χ2n) is 28.3. The Morgan fingerprint density at radius 3 is 0.389 bits per heavy atom. The number of halogens is 24. The minimum atomic E-state index is -6.02. The molecule has 23 N–H and O–H groups in total. The Hall–Kier alpha value is -3.86. The Kier molecular flexibility index (Phi) is 50.3. The van der Waals surface area contributed by atoms with Crippen LogP contribution in [0.1, 0.15) is 40.3 Å². The zero-order valence-corrected chi connectivity index (χ0v) is 65.9. The van der Waals surface area contributed by atoms with Crippen LogP contribution in [0, 0.1) is 5.92 Å². The minimum Gasteiger partial charge on any atom is -0.396 e. The van der Waals surface area contributed by atoms with Crippen LogP contribution in [0.15, 0.2) is 0 Å². The van der Waals surface area contributed by atoms with Gasteiger partial charge in [0.05, 0.1) is 118 Å². The van der Waals surface area contributed by atoms with Crippen LogP contribution < -0.4 is 0 Å². The van der Waals surface area contributed by atoms with Crippen LogP contribution in [0.4, 0.5) is 105 Å². The van der Waals surface area contributed by atoms with Crippen molar-refractivity contribution in [1.82, 2.24) is 0 Å². The minimum absolute atomic E-state index is 0.899. The van der Waals surface area contributed by atoms with Crippen LogP contribution in [0.3, 0.4) is 0 Å². The summed E-state index contributed by atoms with van der Waals surface area (Å²) >= 11 is 0. The number of ether oxygens (including phenoxy) is 12. The lowest BCUT2D eigenvalue weighted by atomic mass is 9.87. The van der Waals surface area contributed by atoms with Crippen molar-refractivity contribution in [2.75, 3.05) is 159 Å². The highest BCUT2D eigenvalue weighted by Crippen LogP contribution is 2.45. The first-order chi connectivity index (χ1) is 58.0. The van der Waals surface area contributed by atoms with E-state index in [0.29, 0.717) is 0 Å². The smallest absolute Gasteiger partial charge is 0.335 e. The number of aliphatic hydroxyl groups is 23. The SMILES string of the molecule is CC(CO)C(OCC(F)(F)C(F)(F)COCc1c(COCC(F)(F)C(F)(F)COC(C(O)CO)C(O)CO)c(COCC(F)(F)C(F)(F)COC(C(O)CO)C(O)CO)c(COCC(F)(F)C(F)(F)COC(C(O)CO)C(O)CO)c(COCC(F)(F)C(F)(F)COC(C(O)CO)C(O)CO)c1COCC(F)(F)C(F)(F)COC(C(O)CO)C(O)CO)C(O)CO. The quantitative estimate of drug-likeness (QED) is 0.0279. The van der Waals surface area contributed by atoms with E-state index < -0.39 is 412 Å². The average Bonchev–Trinajstić information content (AvgIpc) is 0.759. The molecule has 0 aliphatic rings. The van der Waals surface area contributed by atoms with Gasteiger partial charge in [-0.1, -0.05) is 6.92 Å². The van der Waals surface area contributed by atoms with Gasteiger partial charge < -0.3 is 174 Å². The van der Waals surface area contributed by atoms with Crippen molar-refractivity contribution in [2.24, 2.45) is 5.92 Å². The Bertz CT molecular complexity index is 2600.